The minimum absolute atomic E-state index is 0.162. The lowest BCUT2D eigenvalue weighted by Gasteiger charge is -2.46. The molecular weight excluding hydrogens is 445 g/mol. The summed E-state index contributed by atoms with van der Waals surface area (Å²) in [4.78, 5) is 27.6. The molecule has 2 aromatic rings. The Morgan fingerprint density at radius 3 is 2.45 bits per heavy atom. The Morgan fingerprint density at radius 1 is 1.23 bits per heavy atom. The highest BCUT2D eigenvalue weighted by molar-refractivity contribution is 7.88. The van der Waals surface area contributed by atoms with Gasteiger partial charge in [-0.2, -0.15) is 4.31 Å². The standard InChI is InChI=1S/C21H23ClFN3O4S/c1-14-10-17(23)8-9-18(14)26-19(27)12-25(31(3,29)30)13-21(26,2)20(28)24-11-15-4-6-16(22)7-5-15/h4-10H,11-13H2,1-3H3,(H,24,28)/t21-/m1/s1. The number of nitrogens with one attached hydrogen (secondary N) is 1. The van der Waals surface area contributed by atoms with E-state index in [-0.39, 0.29) is 13.1 Å². The molecular formula is C21H23ClFN3O4S. The number of amides is 2. The zero-order valence-corrected chi connectivity index (χ0v) is 18.9. The SMILES string of the molecule is Cc1cc(F)ccc1N1C(=O)CN(S(C)(=O)=O)C[C@]1(C)C(=O)NCc1ccc(Cl)cc1. The van der Waals surface area contributed by atoms with Crippen LogP contribution in [0.3, 0.4) is 0 Å². The molecule has 7 nitrogen and oxygen atoms in total. The second-order valence-electron chi connectivity index (χ2n) is 7.77. The molecule has 1 aliphatic heterocycles. The number of piperazine rings is 1. The topological polar surface area (TPSA) is 86.8 Å². The van der Waals surface area contributed by atoms with Crippen LogP contribution in [0, 0.1) is 12.7 Å². The first-order chi connectivity index (χ1) is 14.4. The molecule has 2 aromatic carbocycles. The van der Waals surface area contributed by atoms with E-state index >= 15 is 0 Å². The molecule has 0 radical (unpaired) electrons. The van der Waals surface area contributed by atoms with E-state index < -0.39 is 39.7 Å². The Hall–Kier alpha value is -2.49. The van der Waals surface area contributed by atoms with Crippen molar-refractivity contribution in [2.75, 3.05) is 24.2 Å². The molecule has 0 aromatic heterocycles. The number of hydrogen-bond acceptors (Lipinski definition) is 4. The van der Waals surface area contributed by atoms with E-state index in [0.717, 1.165) is 16.1 Å². The number of benzene rings is 2. The monoisotopic (exact) mass is 467 g/mol. The van der Waals surface area contributed by atoms with E-state index in [1.54, 1.807) is 31.2 Å². The summed E-state index contributed by atoms with van der Waals surface area (Å²) < 4.78 is 39.0. The zero-order valence-electron chi connectivity index (χ0n) is 17.4. The molecule has 166 valence electrons. The Morgan fingerprint density at radius 2 is 1.87 bits per heavy atom. The first-order valence-corrected chi connectivity index (χ1v) is 11.7. The van der Waals surface area contributed by atoms with Gasteiger partial charge in [-0.25, -0.2) is 12.8 Å². The number of sulfonamides is 1. The summed E-state index contributed by atoms with van der Waals surface area (Å²) in [5, 5.41) is 3.34. The maximum atomic E-state index is 13.6. The fourth-order valence-corrected chi connectivity index (χ4v) is 4.58. The van der Waals surface area contributed by atoms with Crippen LogP contribution in [-0.2, 0) is 26.2 Å². The number of hydrogen-bond donors (Lipinski definition) is 1. The Kier molecular flexibility index (Phi) is 6.40. The number of halogens is 2. The highest BCUT2D eigenvalue weighted by Crippen LogP contribution is 2.33. The summed E-state index contributed by atoms with van der Waals surface area (Å²) in [6.07, 6.45) is 0.991. The van der Waals surface area contributed by atoms with Gasteiger partial charge in [0.25, 0.3) is 0 Å². The predicted octanol–water partition coefficient (Wildman–Crippen LogP) is 2.47. The van der Waals surface area contributed by atoms with Gasteiger partial charge in [0.1, 0.15) is 11.4 Å². The van der Waals surface area contributed by atoms with Crippen LogP contribution in [0.25, 0.3) is 0 Å². The Labute approximate surface area is 185 Å². The van der Waals surface area contributed by atoms with Gasteiger partial charge in [-0.05, 0) is 55.3 Å². The summed E-state index contributed by atoms with van der Waals surface area (Å²) in [5.74, 6) is -1.58. The molecule has 1 aliphatic rings. The van der Waals surface area contributed by atoms with E-state index in [4.69, 9.17) is 11.6 Å². The van der Waals surface area contributed by atoms with Gasteiger partial charge in [-0.3, -0.25) is 14.5 Å². The average Bonchev–Trinajstić information content (AvgIpc) is 2.67. The third kappa shape index (κ3) is 4.89. The molecule has 0 aliphatic carbocycles. The molecule has 31 heavy (non-hydrogen) atoms. The first kappa shape index (κ1) is 23.2. The molecule has 3 rings (SSSR count). The van der Waals surface area contributed by atoms with Crippen molar-refractivity contribution in [3.05, 3.63) is 64.4 Å². The summed E-state index contributed by atoms with van der Waals surface area (Å²) in [5.41, 5.74) is 0.0440. The number of aryl methyl sites for hydroxylation is 1. The fraction of sp³-hybridized carbons (Fsp3) is 0.333. The first-order valence-electron chi connectivity index (χ1n) is 9.49. The van der Waals surface area contributed by atoms with E-state index in [1.165, 1.54) is 30.0 Å². The van der Waals surface area contributed by atoms with Crippen molar-refractivity contribution in [1.82, 2.24) is 9.62 Å². The zero-order chi connectivity index (χ0) is 23.0. The van der Waals surface area contributed by atoms with Crippen molar-refractivity contribution < 1.29 is 22.4 Å². The molecule has 0 saturated carbocycles. The minimum Gasteiger partial charge on any atom is -0.350 e. The maximum Gasteiger partial charge on any atom is 0.247 e. The van der Waals surface area contributed by atoms with E-state index in [1.807, 2.05) is 0 Å². The number of carbonyl (C=O) groups is 2. The molecule has 0 unspecified atom stereocenters. The molecule has 1 heterocycles. The molecule has 1 fully saturated rings. The fourth-order valence-electron chi connectivity index (χ4n) is 3.62. The second-order valence-corrected chi connectivity index (χ2v) is 10.2. The molecule has 10 heteroatoms. The normalized spacial score (nSPS) is 20.0. The van der Waals surface area contributed by atoms with Crippen molar-refractivity contribution >= 4 is 39.1 Å². The number of rotatable bonds is 5. The lowest BCUT2D eigenvalue weighted by molar-refractivity contribution is -0.133. The highest BCUT2D eigenvalue weighted by Gasteiger charge is 2.50. The van der Waals surface area contributed by atoms with Gasteiger partial charge >= 0.3 is 0 Å². The van der Waals surface area contributed by atoms with E-state index in [0.29, 0.717) is 16.3 Å². The maximum absolute atomic E-state index is 13.6. The van der Waals surface area contributed by atoms with Crippen molar-refractivity contribution in [2.45, 2.75) is 25.9 Å². The van der Waals surface area contributed by atoms with E-state index in [2.05, 4.69) is 5.32 Å². The van der Waals surface area contributed by atoms with Crippen LogP contribution in [0.1, 0.15) is 18.1 Å². The molecule has 1 saturated heterocycles. The van der Waals surface area contributed by atoms with Crippen LogP contribution in [-0.4, -0.2) is 49.4 Å². The summed E-state index contributed by atoms with van der Waals surface area (Å²) in [6, 6.07) is 10.8. The Balaban J connectivity index is 1.98. The lowest BCUT2D eigenvalue weighted by atomic mass is 9.93. The van der Waals surface area contributed by atoms with Crippen LogP contribution < -0.4 is 10.2 Å². The summed E-state index contributed by atoms with van der Waals surface area (Å²) in [6.45, 7) is 2.65. The average molecular weight is 468 g/mol. The minimum atomic E-state index is -3.73. The van der Waals surface area contributed by atoms with Crippen molar-refractivity contribution in [1.29, 1.82) is 0 Å². The number of carbonyl (C=O) groups excluding carboxylic acids is 2. The molecule has 2 amide bonds. The van der Waals surface area contributed by atoms with Gasteiger partial charge in [0.05, 0.1) is 12.8 Å². The quantitative estimate of drug-likeness (QED) is 0.731. The van der Waals surface area contributed by atoms with Crippen LogP contribution in [0.15, 0.2) is 42.5 Å². The van der Waals surface area contributed by atoms with Gasteiger partial charge in [0.2, 0.25) is 21.8 Å². The molecule has 1 N–H and O–H groups in total. The van der Waals surface area contributed by atoms with Crippen molar-refractivity contribution in [3.63, 3.8) is 0 Å². The molecule has 1 atom stereocenters. The number of nitrogens with zero attached hydrogens (tertiary/aromatic N) is 2. The summed E-state index contributed by atoms with van der Waals surface area (Å²) >= 11 is 5.89. The van der Waals surface area contributed by atoms with E-state index in [9.17, 15) is 22.4 Å². The van der Waals surface area contributed by atoms with Gasteiger partial charge in [-0.15, -0.1) is 0 Å². The highest BCUT2D eigenvalue weighted by atomic mass is 35.5. The van der Waals surface area contributed by atoms with Crippen LogP contribution in [0.4, 0.5) is 10.1 Å². The largest absolute Gasteiger partial charge is 0.350 e. The van der Waals surface area contributed by atoms with Crippen LogP contribution in [0.2, 0.25) is 5.02 Å². The third-order valence-corrected chi connectivity index (χ3v) is 6.71. The van der Waals surface area contributed by atoms with Gasteiger partial charge in [0, 0.05) is 23.8 Å². The second kappa shape index (κ2) is 8.57. The van der Waals surface area contributed by atoms with Gasteiger partial charge in [0.15, 0.2) is 0 Å². The molecule has 0 bridgehead atoms. The van der Waals surface area contributed by atoms with Crippen molar-refractivity contribution in [3.8, 4) is 0 Å². The van der Waals surface area contributed by atoms with Gasteiger partial charge in [-0.1, -0.05) is 23.7 Å². The lowest BCUT2D eigenvalue weighted by Crippen LogP contribution is -2.70. The van der Waals surface area contributed by atoms with Crippen LogP contribution >= 0.6 is 11.6 Å². The number of anilines is 1. The smallest absolute Gasteiger partial charge is 0.247 e. The van der Waals surface area contributed by atoms with Gasteiger partial charge < -0.3 is 5.32 Å². The van der Waals surface area contributed by atoms with Crippen LogP contribution in [0.5, 0.6) is 0 Å². The third-order valence-electron chi connectivity index (χ3n) is 5.26. The van der Waals surface area contributed by atoms with Crippen molar-refractivity contribution in [2.24, 2.45) is 0 Å². The predicted molar refractivity (Wildman–Crippen MR) is 117 cm³/mol. The Bertz CT molecular complexity index is 1120. The summed E-state index contributed by atoms with van der Waals surface area (Å²) in [7, 11) is -3.73. The molecule has 0 spiro atoms.